The molecule has 0 bridgehead atoms. The lowest BCUT2D eigenvalue weighted by atomic mass is 9.96. The molecule has 2 heterocycles. The predicted molar refractivity (Wildman–Crippen MR) is 85.0 cm³/mol. The highest BCUT2D eigenvalue weighted by atomic mass is 19.1. The van der Waals surface area contributed by atoms with E-state index in [0.29, 0.717) is 6.04 Å². The second kappa shape index (κ2) is 6.05. The number of aryl methyl sites for hydroxylation is 2. The van der Waals surface area contributed by atoms with Gasteiger partial charge in [-0.25, -0.2) is 4.39 Å². The van der Waals surface area contributed by atoms with Crippen molar-refractivity contribution in [1.29, 1.82) is 0 Å². The molecule has 0 radical (unpaired) electrons. The third kappa shape index (κ3) is 3.14. The molecule has 2 unspecified atom stereocenters. The Morgan fingerprint density at radius 1 is 1.14 bits per heavy atom. The average molecular weight is 290 g/mol. The Bertz CT molecular complexity index is 491. The van der Waals surface area contributed by atoms with Crippen LogP contribution in [0.4, 0.5) is 4.39 Å². The molecule has 2 fully saturated rings. The molecule has 0 N–H and O–H groups in total. The first-order valence-corrected chi connectivity index (χ1v) is 8.28. The number of piperidine rings is 1. The van der Waals surface area contributed by atoms with Crippen molar-refractivity contribution in [3.63, 3.8) is 0 Å². The molecule has 3 heteroatoms. The summed E-state index contributed by atoms with van der Waals surface area (Å²) >= 11 is 0. The highest BCUT2D eigenvalue weighted by Gasteiger charge is 2.32. The Morgan fingerprint density at radius 2 is 1.86 bits per heavy atom. The standard InChI is InChI=1S/C18H27FN2/c1-13-8-16(9-14(2)18(13)19)11-21-12-17-6-4-5-7-20(17)10-15(21)3/h8-9,15,17H,4-7,10-12H2,1-3H3. The lowest BCUT2D eigenvalue weighted by molar-refractivity contribution is 0.0110. The summed E-state index contributed by atoms with van der Waals surface area (Å²) in [5.41, 5.74) is 2.80. The Morgan fingerprint density at radius 3 is 2.57 bits per heavy atom. The fraction of sp³-hybridized carbons (Fsp3) is 0.667. The Hall–Kier alpha value is -0.930. The molecule has 1 aromatic rings. The molecule has 2 aliphatic rings. The summed E-state index contributed by atoms with van der Waals surface area (Å²) in [6.07, 6.45) is 4.07. The lowest BCUT2D eigenvalue weighted by Crippen LogP contribution is -2.58. The van der Waals surface area contributed by atoms with E-state index in [1.54, 1.807) is 0 Å². The van der Waals surface area contributed by atoms with Gasteiger partial charge >= 0.3 is 0 Å². The van der Waals surface area contributed by atoms with Gasteiger partial charge < -0.3 is 0 Å². The normalized spacial score (nSPS) is 27.6. The van der Waals surface area contributed by atoms with Crippen molar-refractivity contribution in [1.82, 2.24) is 9.80 Å². The summed E-state index contributed by atoms with van der Waals surface area (Å²) < 4.78 is 13.8. The van der Waals surface area contributed by atoms with E-state index in [4.69, 9.17) is 0 Å². The minimum absolute atomic E-state index is 0.0519. The van der Waals surface area contributed by atoms with Gasteiger partial charge in [-0.15, -0.1) is 0 Å². The van der Waals surface area contributed by atoms with E-state index >= 15 is 0 Å². The van der Waals surface area contributed by atoms with E-state index in [1.807, 2.05) is 26.0 Å². The molecule has 0 aliphatic carbocycles. The minimum Gasteiger partial charge on any atom is -0.298 e. The maximum Gasteiger partial charge on any atom is 0.129 e. The van der Waals surface area contributed by atoms with Crippen LogP contribution in [0, 0.1) is 19.7 Å². The van der Waals surface area contributed by atoms with Crippen molar-refractivity contribution in [2.45, 2.75) is 58.7 Å². The van der Waals surface area contributed by atoms with Gasteiger partial charge in [0, 0.05) is 31.7 Å². The zero-order valence-corrected chi connectivity index (χ0v) is 13.5. The number of nitrogens with zero attached hydrogens (tertiary/aromatic N) is 2. The molecular weight excluding hydrogens is 263 g/mol. The summed E-state index contributed by atoms with van der Waals surface area (Å²) in [6, 6.07) is 5.35. The molecule has 0 spiro atoms. The van der Waals surface area contributed by atoms with Gasteiger partial charge in [0.15, 0.2) is 0 Å². The van der Waals surface area contributed by atoms with Gasteiger partial charge in [-0.1, -0.05) is 18.6 Å². The molecule has 2 aliphatic heterocycles. The quantitative estimate of drug-likeness (QED) is 0.822. The van der Waals surface area contributed by atoms with Crippen LogP contribution in [0.2, 0.25) is 0 Å². The number of piperazine rings is 1. The van der Waals surface area contributed by atoms with Crippen molar-refractivity contribution in [2.24, 2.45) is 0 Å². The minimum atomic E-state index is -0.0519. The first-order chi connectivity index (χ1) is 10.0. The summed E-state index contributed by atoms with van der Waals surface area (Å²) in [5.74, 6) is -0.0519. The smallest absolute Gasteiger partial charge is 0.129 e. The molecule has 2 nitrogen and oxygen atoms in total. The van der Waals surface area contributed by atoms with Gasteiger partial charge in [0.25, 0.3) is 0 Å². The van der Waals surface area contributed by atoms with Crippen molar-refractivity contribution in [3.8, 4) is 0 Å². The van der Waals surface area contributed by atoms with E-state index in [0.717, 1.165) is 30.3 Å². The molecule has 0 saturated carbocycles. The number of benzene rings is 1. The maximum atomic E-state index is 13.8. The molecular formula is C18H27FN2. The van der Waals surface area contributed by atoms with Crippen LogP contribution >= 0.6 is 0 Å². The SMILES string of the molecule is Cc1cc(CN2CC3CCCCN3CC2C)cc(C)c1F. The first kappa shape index (κ1) is 15.0. The van der Waals surface area contributed by atoms with Crippen molar-refractivity contribution in [2.75, 3.05) is 19.6 Å². The van der Waals surface area contributed by atoms with E-state index in [2.05, 4.69) is 16.7 Å². The highest BCUT2D eigenvalue weighted by molar-refractivity contribution is 5.30. The van der Waals surface area contributed by atoms with Gasteiger partial charge in [0.05, 0.1) is 0 Å². The number of hydrogen-bond donors (Lipinski definition) is 0. The topological polar surface area (TPSA) is 6.48 Å². The second-order valence-corrected chi connectivity index (χ2v) is 6.97. The van der Waals surface area contributed by atoms with Gasteiger partial charge in [-0.3, -0.25) is 9.80 Å². The zero-order chi connectivity index (χ0) is 15.0. The van der Waals surface area contributed by atoms with Crippen LogP contribution in [0.25, 0.3) is 0 Å². The van der Waals surface area contributed by atoms with E-state index in [-0.39, 0.29) is 5.82 Å². The average Bonchev–Trinajstić information content (AvgIpc) is 2.45. The first-order valence-electron chi connectivity index (χ1n) is 8.28. The number of fused-ring (bicyclic) bond motifs is 1. The Kier molecular flexibility index (Phi) is 4.32. The Labute approximate surface area is 127 Å². The van der Waals surface area contributed by atoms with Crippen molar-refractivity contribution >= 4 is 0 Å². The summed E-state index contributed by atoms with van der Waals surface area (Å²) in [7, 11) is 0. The number of rotatable bonds is 2. The Balaban J connectivity index is 1.72. The van der Waals surface area contributed by atoms with E-state index in [1.165, 1.54) is 37.9 Å². The zero-order valence-electron chi connectivity index (χ0n) is 13.5. The van der Waals surface area contributed by atoms with Gasteiger partial charge in [0.1, 0.15) is 5.82 Å². The fourth-order valence-electron chi connectivity index (χ4n) is 3.99. The third-order valence-electron chi connectivity index (χ3n) is 5.20. The fourth-order valence-corrected chi connectivity index (χ4v) is 3.99. The van der Waals surface area contributed by atoms with Crippen LogP contribution < -0.4 is 0 Å². The van der Waals surface area contributed by atoms with E-state index in [9.17, 15) is 4.39 Å². The predicted octanol–water partition coefficient (Wildman–Crippen LogP) is 3.50. The molecule has 3 rings (SSSR count). The number of hydrogen-bond acceptors (Lipinski definition) is 2. The molecule has 0 aromatic heterocycles. The van der Waals surface area contributed by atoms with Crippen LogP contribution in [0.5, 0.6) is 0 Å². The summed E-state index contributed by atoms with van der Waals surface area (Å²) in [4.78, 5) is 5.25. The van der Waals surface area contributed by atoms with Crippen LogP contribution in [-0.4, -0.2) is 41.5 Å². The largest absolute Gasteiger partial charge is 0.298 e. The van der Waals surface area contributed by atoms with Gasteiger partial charge in [-0.2, -0.15) is 0 Å². The monoisotopic (exact) mass is 290 g/mol. The molecule has 21 heavy (non-hydrogen) atoms. The third-order valence-corrected chi connectivity index (χ3v) is 5.20. The van der Waals surface area contributed by atoms with Crippen LogP contribution in [0.15, 0.2) is 12.1 Å². The summed E-state index contributed by atoms with van der Waals surface area (Å²) in [5, 5.41) is 0. The van der Waals surface area contributed by atoms with Crippen LogP contribution in [-0.2, 0) is 6.54 Å². The number of halogens is 1. The van der Waals surface area contributed by atoms with Crippen molar-refractivity contribution in [3.05, 3.63) is 34.6 Å². The van der Waals surface area contributed by atoms with Crippen molar-refractivity contribution < 1.29 is 4.39 Å². The molecule has 2 saturated heterocycles. The molecule has 0 amide bonds. The van der Waals surface area contributed by atoms with Gasteiger partial charge in [-0.05, 0) is 56.8 Å². The summed E-state index contributed by atoms with van der Waals surface area (Å²) in [6.45, 7) is 10.6. The molecule has 116 valence electrons. The van der Waals surface area contributed by atoms with Crippen LogP contribution in [0.3, 0.4) is 0 Å². The van der Waals surface area contributed by atoms with Gasteiger partial charge in [0.2, 0.25) is 0 Å². The lowest BCUT2D eigenvalue weighted by Gasteiger charge is -2.47. The maximum absolute atomic E-state index is 13.8. The second-order valence-electron chi connectivity index (χ2n) is 6.97. The molecule has 1 aromatic carbocycles. The molecule has 2 atom stereocenters. The van der Waals surface area contributed by atoms with Crippen LogP contribution in [0.1, 0.15) is 42.9 Å². The highest BCUT2D eigenvalue weighted by Crippen LogP contribution is 2.26. The van der Waals surface area contributed by atoms with E-state index < -0.39 is 0 Å².